The highest BCUT2D eigenvalue weighted by atomic mass is 31.0. The molecule has 2 nitrogen and oxygen atoms in total. The molecule has 15 heavy (non-hydrogen) atoms. The molecular weight excluding hydrogens is 207 g/mol. The zero-order chi connectivity index (χ0) is 12.1. The van der Waals surface area contributed by atoms with Gasteiger partial charge in [0.15, 0.2) is 0 Å². The Morgan fingerprint density at radius 2 is 1.73 bits per heavy atom. The summed E-state index contributed by atoms with van der Waals surface area (Å²) in [4.78, 5) is 0. The molecule has 0 aromatic heterocycles. The lowest BCUT2D eigenvalue weighted by atomic mass is 9.94. The van der Waals surface area contributed by atoms with Crippen molar-refractivity contribution in [3.63, 3.8) is 0 Å². The maximum atomic E-state index is 9.44. The van der Waals surface area contributed by atoms with E-state index in [2.05, 4.69) is 23.1 Å². The van der Waals surface area contributed by atoms with Crippen molar-refractivity contribution in [2.75, 3.05) is 12.8 Å². The quantitative estimate of drug-likeness (QED) is 0.667. The Morgan fingerprint density at radius 3 is 2.07 bits per heavy atom. The summed E-state index contributed by atoms with van der Waals surface area (Å²) >= 11 is 0. The Bertz CT molecular complexity index is 110. The number of hydrogen-bond acceptors (Lipinski definition) is 2. The summed E-state index contributed by atoms with van der Waals surface area (Å²) in [6, 6.07) is 0. The van der Waals surface area contributed by atoms with E-state index in [0.717, 1.165) is 18.5 Å². The maximum Gasteiger partial charge on any atom is 0.0577 e. The van der Waals surface area contributed by atoms with Gasteiger partial charge in [0, 0.05) is 6.61 Å². The van der Waals surface area contributed by atoms with Gasteiger partial charge in [-0.25, -0.2) is 0 Å². The third-order valence-corrected chi connectivity index (χ3v) is 2.96. The van der Waals surface area contributed by atoms with Gasteiger partial charge >= 0.3 is 0 Å². The smallest absolute Gasteiger partial charge is 0.0577 e. The Labute approximate surface area is 97.7 Å². The molecule has 3 atom stereocenters. The highest BCUT2D eigenvalue weighted by molar-refractivity contribution is 7.16. The number of unbranched alkanes of at least 4 members (excludes halogenated alkanes) is 1. The Balaban J connectivity index is 0. The van der Waals surface area contributed by atoms with Gasteiger partial charge < -0.3 is 10.2 Å². The average molecular weight is 236 g/mol. The van der Waals surface area contributed by atoms with Crippen molar-refractivity contribution in [3.8, 4) is 0 Å². The van der Waals surface area contributed by atoms with Crippen molar-refractivity contribution >= 4 is 9.24 Å². The number of hydrogen-bond donors (Lipinski definition) is 2. The molecule has 0 aliphatic rings. The average Bonchev–Trinajstić information content (AvgIpc) is 2.24. The molecule has 0 radical (unpaired) electrons. The standard InChI is InChI=1S/C10H23OP.C2H6O/c1-3-5-6-9(4-2)7-10(11)8-12;1-2-3/h9-11H,3-8,12H2,1-2H3;3H,2H2,1H3. The van der Waals surface area contributed by atoms with E-state index in [-0.39, 0.29) is 12.7 Å². The van der Waals surface area contributed by atoms with E-state index in [1.54, 1.807) is 6.92 Å². The predicted octanol–water partition coefficient (Wildman–Crippen LogP) is 2.83. The normalized spacial score (nSPS) is 14.0. The molecular formula is C12H29O2P. The number of aliphatic hydroxyl groups is 2. The molecule has 0 saturated carbocycles. The first-order chi connectivity index (χ1) is 7.15. The second kappa shape index (κ2) is 14.3. The Hall–Kier alpha value is 0.350. The van der Waals surface area contributed by atoms with Crippen LogP contribution < -0.4 is 0 Å². The minimum Gasteiger partial charge on any atom is -0.397 e. The molecule has 94 valence electrons. The monoisotopic (exact) mass is 236 g/mol. The Morgan fingerprint density at radius 1 is 1.20 bits per heavy atom. The summed E-state index contributed by atoms with van der Waals surface area (Å²) in [5.74, 6) is 0.737. The van der Waals surface area contributed by atoms with Crippen LogP contribution in [-0.4, -0.2) is 29.1 Å². The summed E-state index contributed by atoms with van der Waals surface area (Å²) in [5, 5.41) is 17.0. The molecule has 0 saturated heterocycles. The highest BCUT2D eigenvalue weighted by Crippen LogP contribution is 2.19. The van der Waals surface area contributed by atoms with E-state index in [9.17, 15) is 5.11 Å². The predicted molar refractivity (Wildman–Crippen MR) is 71.3 cm³/mol. The third kappa shape index (κ3) is 14.4. The van der Waals surface area contributed by atoms with Gasteiger partial charge in [-0.1, -0.05) is 39.5 Å². The molecule has 0 aliphatic carbocycles. The molecule has 0 spiro atoms. The van der Waals surface area contributed by atoms with Crippen LogP contribution in [0.4, 0.5) is 0 Å². The summed E-state index contributed by atoms with van der Waals surface area (Å²) in [5.41, 5.74) is 0. The van der Waals surface area contributed by atoms with Crippen LogP contribution in [0.15, 0.2) is 0 Å². The maximum absolute atomic E-state index is 9.44. The van der Waals surface area contributed by atoms with E-state index in [0.29, 0.717) is 0 Å². The minimum absolute atomic E-state index is 0.100. The second-order valence-corrected chi connectivity index (χ2v) is 4.33. The van der Waals surface area contributed by atoms with Crippen molar-refractivity contribution in [1.29, 1.82) is 0 Å². The van der Waals surface area contributed by atoms with E-state index in [1.807, 2.05) is 0 Å². The summed E-state index contributed by atoms with van der Waals surface area (Å²) in [7, 11) is 2.60. The van der Waals surface area contributed by atoms with Crippen LogP contribution in [0.25, 0.3) is 0 Å². The fraction of sp³-hybridized carbons (Fsp3) is 1.00. The molecule has 0 bridgehead atoms. The molecule has 0 fully saturated rings. The van der Waals surface area contributed by atoms with Crippen molar-refractivity contribution in [1.82, 2.24) is 0 Å². The fourth-order valence-corrected chi connectivity index (χ4v) is 1.65. The van der Waals surface area contributed by atoms with Crippen LogP contribution in [-0.2, 0) is 0 Å². The van der Waals surface area contributed by atoms with Gasteiger partial charge in [-0.2, -0.15) is 0 Å². The summed E-state index contributed by atoms with van der Waals surface area (Å²) < 4.78 is 0. The first kappa shape index (κ1) is 17.7. The third-order valence-electron chi connectivity index (χ3n) is 2.42. The van der Waals surface area contributed by atoms with Gasteiger partial charge in [-0.05, 0) is 25.4 Å². The van der Waals surface area contributed by atoms with E-state index < -0.39 is 0 Å². The molecule has 0 heterocycles. The fourth-order valence-electron chi connectivity index (χ4n) is 1.46. The van der Waals surface area contributed by atoms with E-state index >= 15 is 0 Å². The van der Waals surface area contributed by atoms with Gasteiger partial charge in [-0.3, -0.25) is 0 Å². The first-order valence-corrected chi connectivity index (χ1v) is 6.96. The van der Waals surface area contributed by atoms with Crippen LogP contribution in [0.3, 0.4) is 0 Å². The van der Waals surface area contributed by atoms with Crippen molar-refractivity contribution in [2.24, 2.45) is 5.92 Å². The zero-order valence-corrected chi connectivity index (χ0v) is 11.7. The highest BCUT2D eigenvalue weighted by Gasteiger charge is 2.10. The minimum atomic E-state index is -0.100. The Kier molecular flexibility index (Phi) is 17.0. The molecule has 3 heteroatoms. The molecule has 0 amide bonds. The lowest BCUT2D eigenvalue weighted by Crippen LogP contribution is -2.14. The molecule has 0 rings (SSSR count). The lowest BCUT2D eigenvalue weighted by Gasteiger charge is -2.17. The molecule has 2 N–H and O–H groups in total. The van der Waals surface area contributed by atoms with Gasteiger partial charge in [0.1, 0.15) is 0 Å². The van der Waals surface area contributed by atoms with E-state index in [4.69, 9.17) is 5.11 Å². The SMILES string of the molecule is CCCCC(CC)CC(O)CP.CCO. The zero-order valence-electron chi connectivity index (χ0n) is 10.6. The second-order valence-electron chi connectivity index (χ2n) is 3.86. The van der Waals surface area contributed by atoms with E-state index in [1.165, 1.54) is 25.7 Å². The first-order valence-electron chi connectivity index (χ1n) is 6.15. The van der Waals surface area contributed by atoms with Gasteiger partial charge in [0.25, 0.3) is 0 Å². The van der Waals surface area contributed by atoms with Crippen LogP contribution in [0, 0.1) is 5.92 Å². The van der Waals surface area contributed by atoms with Crippen LogP contribution in [0.2, 0.25) is 0 Å². The molecule has 0 aliphatic heterocycles. The van der Waals surface area contributed by atoms with Crippen molar-refractivity contribution < 1.29 is 10.2 Å². The van der Waals surface area contributed by atoms with Gasteiger partial charge in [0.05, 0.1) is 6.10 Å². The topological polar surface area (TPSA) is 40.5 Å². The van der Waals surface area contributed by atoms with Crippen LogP contribution in [0.5, 0.6) is 0 Å². The number of rotatable bonds is 7. The molecule has 3 unspecified atom stereocenters. The van der Waals surface area contributed by atoms with Crippen molar-refractivity contribution in [2.45, 2.75) is 59.0 Å². The molecule has 0 aromatic carbocycles. The lowest BCUT2D eigenvalue weighted by molar-refractivity contribution is 0.159. The summed E-state index contributed by atoms with van der Waals surface area (Å²) in [6.07, 6.45) is 6.78. The van der Waals surface area contributed by atoms with Gasteiger partial charge in [0.2, 0.25) is 0 Å². The molecule has 0 aromatic rings. The summed E-state index contributed by atoms with van der Waals surface area (Å²) in [6.45, 7) is 6.37. The van der Waals surface area contributed by atoms with Crippen LogP contribution in [0.1, 0.15) is 52.9 Å². The van der Waals surface area contributed by atoms with Gasteiger partial charge in [-0.15, -0.1) is 9.24 Å². The largest absolute Gasteiger partial charge is 0.397 e. The number of aliphatic hydroxyl groups excluding tert-OH is 2. The van der Waals surface area contributed by atoms with Crippen LogP contribution >= 0.6 is 9.24 Å². The van der Waals surface area contributed by atoms with Crippen molar-refractivity contribution in [3.05, 3.63) is 0 Å².